The molecule has 33 heavy (non-hydrogen) atoms. The number of sulfone groups is 1. The number of rotatable bonds is 6. The Kier molecular flexibility index (Phi) is 7.03. The summed E-state index contributed by atoms with van der Waals surface area (Å²) < 4.78 is 89.7. The maximum Gasteiger partial charge on any atom is 0.430 e. The smallest absolute Gasteiger partial charge is 0.395 e. The molecule has 2 aromatic carbocycles. The fourth-order valence-corrected chi connectivity index (χ4v) is 4.40. The van der Waals surface area contributed by atoms with Crippen LogP contribution in [-0.2, 0) is 16.4 Å². The molecule has 0 radical (unpaired) electrons. The number of allylic oxidation sites excluding steroid dienone is 2. The number of alkyl halides is 3. The molecule has 3 aromatic rings. The van der Waals surface area contributed by atoms with E-state index in [-0.39, 0.29) is 22.7 Å². The third kappa shape index (κ3) is 6.26. The monoisotopic (exact) mass is 500 g/mol. The van der Waals surface area contributed by atoms with E-state index < -0.39 is 33.3 Å². The molecule has 0 unspecified atom stereocenters. The van der Waals surface area contributed by atoms with Crippen LogP contribution in [-0.4, -0.2) is 26.6 Å². The van der Waals surface area contributed by atoms with Crippen LogP contribution < -0.4 is 5.73 Å². The fraction of sp³-hybridized carbons (Fsp3) is 0.136. The quantitative estimate of drug-likeness (QED) is 0.359. The lowest BCUT2D eigenvalue weighted by Crippen LogP contribution is -2.20. The van der Waals surface area contributed by atoms with Crippen molar-refractivity contribution in [2.45, 2.75) is 17.6 Å². The molecule has 0 atom stereocenters. The summed E-state index contributed by atoms with van der Waals surface area (Å²) in [4.78, 5) is 5.05. The van der Waals surface area contributed by atoms with Gasteiger partial charge < -0.3 is 5.73 Å². The number of halogens is 5. The first-order chi connectivity index (χ1) is 15.3. The standard InChI is InChI=1S/C22H17F5N2O2S2/c1-33(30,31)16-4-2-3-13(9-16)19-7-8-20(32-19)18(11-21(28)22(25,26)27)29-12-14-5-6-15(23)10-17(14)24/h2-11H,12,28H2,1H3/b21-11-,29-18?. The first-order valence-electron chi connectivity index (χ1n) is 9.28. The number of hydrogen-bond acceptors (Lipinski definition) is 5. The Hall–Kier alpha value is -3.05. The minimum absolute atomic E-state index is 0.00878. The number of thiophene rings is 1. The summed E-state index contributed by atoms with van der Waals surface area (Å²) in [5, 5.41) is 0. The van der Waals surface area contributed by atoms with Crippen molar-refractivity contribution in [3.05, 3.63) is 88.4 Å². The fourth-order valence-electron chi connectivity index (χ4n) is 2.75. The van der Waals surface area contributed by atoms with Gasteiger partial charge in [0, 0.05) is 22.8 Å². The maximum absolute atomic E-state index is 13.9. The molecular formula is C22H17F5N2O2S2. The highest BCUT2D eigenvalue weighted by Crippen LogP contribution is 2.31. The molecule has 4 nitrogen and oxygen atoms in total. The van der Waals surface area contributed by atoms with Crippen LogP contribution in [0.1, 0.15) is 10.4 Å². The van der Waals surface area contributed by atoms with Crippen molar-refractivity contribution in [1.82, 2.24) is 0 Å². The van der Waals surface area contributed by atoms with E-state index in [0.717, 1.165) is 29.7 Å². The predicted octanol–water partition coefficient (Wildman–Crippen LogP) is 5.49. The molecule has 0 aliphatic carbocycles. The van der Waals surface area contributed by atoms with E-state index in [1.165, 1.54) is 18.2 Å². The molecule has 0 saturated heterocycles. The summed E-state index contributed by atoms with van der Waals surface area (Å²) in [6.07, 6.45) is -3.09. The molecule has 0 aliphatic rings. The van der Waals surface area contributed by atoms with Gasteiger partial charge in [-0.25, -0.2) is 17.2 Å². The predicted molar refractivity (Wildman–Crippen MR) is 118 cm³/mol. The average molecular weight is 501 g/mol. The van der Waals surface area contributed by atoms with Gasteiger partial charge in [0.15, 0.2) is 9.84 Å². The van der Waals surface area contributed by atoms with Crippen LogP contribution in [0.4, 0.5) is 22.0 Å². The topological polar surface area (TPSA) is 72.5 Å². The molecular weight excluding hydrogens is 483 g/mol. The van der Waals surface area contributed by atoms with Crippen LogP contribution in [0.2, 0.25) is 0 Å². The summed E-state index contributed by atoms with van der Waals surface area (Å²) in [5.41, 5.74) is 4.16. The lowest BCUT2D eigenvalue weighted by atomic mass is 10.2. The van der Waals surface area contributed by atoms with Crippen molar-refractivity contribution in [1.29, 1.82) is 0 Å². The summed E-state index contributed by atoms with van der Waals surface area (Å²) in [5.74, 6) is -1.67. The molecule has 2 N–H and O–H groups in total. The number of nitrogens with zero attached hydrogens (tertiary/aromatic N) is 1. The van der Waals surface area contributed by atoms with Crippen LogP contribution in [0.3, 0.4) is 0 Å². The third-order valence-electron chi connectivity index (χ3n) is 4.46. The number of hydrogen-bond donors (Lipinski definition) is 1. The molecule has 3 rings (SSSR count). The zero-order chi connectivity index (χ0) is 24.4. The van der Waals surface area contributed by atoms with Crippen molar-refractivity contribution in [2.75, 3.05) is 6.26 Å². The normalized spacial score (nSPS) is 13.4. The van der Waals surface area contributed by atoms with Gasteiger partial charge in [-0.05, 0) is 42.0 Å². The Morgan fingerprint density at radius 3 is 2.45 bits per heavy atom. The van der Waals surface area contributed by atoms with Crippen molar-refractivity contribution in [2.24, 2.45) is 10.7 Å². The summed E-state index contributed by atoms with van der Waals surface area (Å²) in [7, 11) is -3.45. The van der Waals surface area contributed by atoms with Gasteiger partial charge in [-0.1, -0.05) is 18.2 Å². The highest BCUT2D eigenvalue weighted by Gasteiger charge is 2.32. The lowest BCUT2D eigenvalue weighted by Gasteiger charge is -2.08. The Morgan fingerprint density at radius 2 is 1.82 bits per heavy atom. The van der Waals surface area contributed by atoms with E-state index in [1.807, 2.05) is 0 Å². The Morgan fingerprint density at radius 1 is 1.09 bits per heavy atom. The molecule has 174 valence electrons. The van der Waals surface area contributed by atoms with E-state index in [1.54, 1.807) is 18.2 Å². The molecule has 0 saturated carbocycles. The van der Waals surface area contributed by atoms with E-state index in [4.69, 9.17) is 5.73 Å². The second kappa shape index (κ2) is 9.44. The third-order valence-corrected chi connectivity index (χ3v) is 6.73. The molecule has 1 aromatic heterocycles. The minimum atomic E-state index is -4.80. The maximum atomic E-state index is 13.9. The molecule has 1 heterocycles. The summed E-state index contributed by atoms with van der Waals surface area (Å²) in [6.45, 7) is -0.347. The van der Waals surface area contributed by atoms with Crippen LogP contribution in [0.15, 0.2) is 76.3 Å². The van der Waals surface area contributed by atoms with Crippen molar-refractivity contribution in [3.63, 3.8) is 0 Å². The largest absolute Gasteiger partial charge is 0.430 e. The van der Waals surface area contributed by atoms with Gasteiger partial charge in [-0.2, -0.15) is 13.2 Å². The van der Waals surface area contributed by atoms with Gasteiger partial charge in [0.2, 0.25) is 0 Å². The van der Waals surface area contributed by atoms with E-state index in [9.17, 15) is 30.4 Å². The van der Waals surface area contributed by atoms with Gasteiger partial charge in [-0.3, -0.25) is 4.99 Å². The Labute approximate surface area is 190 Å². The van der Waals surface area contributed by atoms with E-state index in [0.29, 0.717) is 27.5 Å². The SMILES string of the molecule is CS(=O)(=O)c1cccc(-c2ccc(C(/C=C(\N)C(F)(F)F)=NCc3ccc(F)cc3F)s2)c1. The Bertz CT molecular complexity index is 1340. The Balaban J connectivity index is 2.02. The van der Waals surface area contributed by atoms with Crippen LogP contribution >= 0.6 is 11.3 Å². The lowest BCUT2D eigenvalue weighted by molar-refractivity contribution is -0.0925. The highest BCUT2D eigenvalue weighted by atomic mass is 32.2. The highest BCUT2D eigenvalue weighted by molar-refractivity contribution is 7.90. The summed E-state index contributed by atoms with van der Waals surface area (Å²) >= 11 is 1.06. The van der Waals surface area contributed by atoms with Gasteiger partial charge in [-0.15, -0.1) is 11.3 Å². The molecule has 11 heteroatoms. The molecule has 0 amide bonds. The van der Waals surface area contributed by atoms with Gasteiger partial charge in [0.1, 0.15) is 17.3 Å². The molecule has 0 aliphatic heterocycles. The van der Waals surface area contributed by atoms with Crippen molar-refractivity contribution in [3.8, 4) is 10.4 Å². The number of nitrogens with two attached hydrogens (primary N) is 1. The van der Waals surface area contributed by atoms with Crippen LogP contribution in [0, 0.1) is 11.6 Å². The molecule has 0 fully saturated rings. The second-order valence-electron chi connectivity index (χ2n) is 7.00. The number of benzene rings is 2. The first-order valence-corrected chi connectivity index (χ1v) is 12.0. The van der Waals surface area contributed by atoms with Gasteiger partial charge in [0.25, 0.3) is 0 Å². The molecule has 0 bridgehead atoms. The van der Waals surface area contributed by atoms with Gasteiger partial charge in [0.05, 0.1) is 22.0 Å². The average Bonchev–Trinajstić information content (AvgIpc) is 3.21. The first kappa shape index (κ1) is 24.6. The van der Waals surface area contributed by atoms with Crippen molar-refractivity contribution >= 4 is 26.9 Å². The zero-order valence-corrected chi connectivity index (χ0v) is 18.7. The van der Waals surface area contributed by atoms with E-state index in [2.05, 4.69) is 4.99 Å². The molecule has 0 spiro atoms. The zero-order valence-electron chi connectivity index (χ0n) is 17.0. The second-order valence-corrected chi connectivity index (χ2v) is 10.1. The number of aliphatic imine (C=N–C) groups is 1. The summed E-state index contributed by atoms with van der Waals surface area (Å²) in [6, 6.07) is 12.0. The van der Waals surface area contributed by atoms with Crippen LogP contribution in [0.5, 0.6) is 0 Å². The van der Waals surface area contributed by atoms with Gasteiger partial charge >= 0.3 is 6.18 Å². The van der Waals surface area contributed by atoms with Crippen molar-refractivity contribution < 1.29 is 30.4 Å². The van der Waals surface area contributed by atoms with E-state index >= 15 is 0 Å². The van der Waals surface area contributed by atoms with Crippen LogP contribution in [0.25, 0.3) is 10.4 Å². The minimum Gasteiger partial charge on any atom is -0.395 e.